The normalized spacial score (nSPS) is 11.9. The van der Waals surface area contributed by atoms with E-state index in [9.17, 15) is 0 Å². The van der Waals surface area contributed by atoms with Crippen molar-refractivity contribution >= 4 is 24.9 Å². The molecule has 100 valence electrons. The molecule has 0 atom stereocenters. The Morgan fingerprint density at radius 2 is 2.00 bits per heavy atom. The first-order valence-corrected chi connectivity index (χ1v) is 9.24. The molecule has 0 aliphatic heterocycles. The molecule has 0 saturated heterocycles. The van der Waals surface area contributed by atoms with Crippen molar-refractivity contribution in [3.8, 4) is 5.75 Å². The maximum absolute atomic E-state index is 5.67. The molecule has 18 heavy (non-hydrogen) atoms. The van der Waals surface area contributed by atoms with Crippen LogP contribution >= 0.6 is 0 Å². The molecule has 0 bridgehead atoms. The fraction of sp³-hybridized carbons (Fsp3) is 0.643. The molecular formula is C14H24N2OSn. The number of hydrogen-bond donors (Lipinski definition) is 0. The molecule has 0 aromatic carbocycles. The first kappa shape index (κ1) is 15.8. The van der Waals surface area contributed by atoms with Gasteiger partial charge in [-0.25, -0.2) is 0 Å². The van der Waals surface area contributed by atoms with E-state index in [2.05, 4.69) is 56.9 Å². The van der Waals surface area contributed by atoms with Gasteiger partial charge in [0, 0.05) is 0 Å². The van der Waals surface area contributed by atoms with Crippen LogP contribution in [0.5, 0.6) is 5.75 Å². The van der Waals surface area contributed by atoms with Gasteiger partial charge in [-0.05, 0) is 0 Å². The summed E-state index contributed by atoms with van der Waals surface area (Å²) in [5, 5.41) is 0. The quantitative estimate of drug-likeness (QED) is 0.576. The van der Waals surface area contributed by atoms with Crippen LogP contribution in [0.25, 0.3) is 0 Å². The topological polar surface area (TPSA) is 25.4 Å². The van der Waals surface area contributed by atoms with Gasteiger partial charge in [0.25, 0.3) is 0 Å². The molecule has 0 unspecified atom stereocenters. The first-order chi connectivity index (χ1) is 8.37. The van der Waals surface area contributed by atoms with Crippen molar-refractivity contribution in [2.75, 3.05) is 27.2 Å². The minimum atomic E-state index is -0.586. The van der Waals surface area contributed by atoms with Crippen LogP contribution in [0.3, 0.4) is 0 Å². The third-order valence-electron chi connectivity index (χ3n) is 2.26. The molecule has 0 aliphatic rings. The van der Waals surface area contributed by atoms with Gasteiger partial charge >= 0.3 is 121 Å². The second-order valence-corrected chi connectivity index (χ2v) is 12.2. The zero-order valence-corrected chi connectivity index (χ0v) is 15.0. The zero-order valence-electron chi connectivity index (χ0n) is 12.2. The second-order valence-electron chi connectivity index (χ2n) is 5.76. The van der Waals surface area contributed by atoms with Gasteiger partial charge in [-0.15, -0.1) is 0 Å². The molecule has 0 amide bonds. The molecule has 2 radical (unpaired) electrons. The molecule has 1 rings (SSSR count). The minimum absolute atomic E-state index is 0.449. The van der Waals surface area contributed by atoms with Gasteiger partial charge < -0.3 is 0 Å². The van der Waals surface area contributed by atoms with Gasteiger partial charge in [-0.1, -0.05) is 0 Å². The molecule has 0 aliphatic carbocycles. The van der Waals surface area contributed by atoms with Crippen molar-refractivity contribution < 1.29 is 4.74 Å². The average Bonchev–Trinajstić information content (AvgIpc) is 2.24. The maximum atomic E-state index is 5.67. The summed E-state index contributed by atoms with van der Waals surface area (Å²) in [6, 6.07) is 4.20. The molecule has 0 N–H and O–H groups in total. The summed E-state index contributed by atoms with van der Waals surface area (Å²) in [6.45, 7) is 8.72. The van der Waals surface area contributed by atoms with E-state index < -0.39 is 21.1 Å². The van der Waals surface area contributed by atoms with Gasteiger partial charge in [-0.2, -0.15) is 0 Å². The molecule has 4 heteroatoms. The number of nitrogens with zero attached hydrogens (tertiary/aromatic N) is 2. The van der Waals surface area contributed by atoms with E-state index in [4.69, 9.17) is 4.74 Å². The summed E-state index contributed by atoms with van der Waals surface area (Å²) < 4.78 is 7.42. The molecule has 0 saturated carbocycles. The van der Waals surface area contributed by atoms with Crippen molar-refractivity contribution in [1.82, 2.24) is 9.88 Å². The Hall–Kier alpha value is -0.291. The van der Waals surface area contributed by atoms with Crippen molar-refractivity contribution in [3.05, 3.63) is 18.3 Å². The van der Waals surface area contributed by atoms with Gasteiger partial charge in [0.1, 0.15) is 0 Å². The average molecular weight is 355 g/mol. The third-order valence-corrected chi connectivity index (χ3v) is 5.97. The van der Waals surface area contributed by atoms with E-state index >= 15 is 0 Å². The molecule has 0 fully saturated rings. The van der Waals surface area contributed by atoms with Crippen LogP contribution in [-0.4, -0.2) is 58.3 Å². The second kappa shape index (κ2) is 7.34. The number of rotatable bonds is 6. The predicted molar refractivity (Wildman–Crippen MR) is 78.0 cm³/mol. The van der Waals surface area contributed by atoms with Gasteiger partial charge in [0.15, 0.2) is 0 Å². The molecule has 1 heterocycles. The number of hydrogen-bond acceptors (Lipinski definition) is 3. The molecule has 1 aromatic rings. The van der Waals surface area contributed by atoms with Crippen molar-refractivity contribution in [3.63, 3.8) is 0 Å². The predicted octanol–water partition coefficient (Wildman–Crippen LogP) is 1.96. The number of aromatic nitrogens is 1. The fourth-order valence-electron chi connectivity index (χ4n) is 1.49. The Kier molecular flexibility index (Phi) is 6.42. The van der Waals surface area contributed by atoms with Crippen LogP contribution in [0, 0.1) is 0 Å². The Labute approximate surface area is 121 Å². The molecule has 3 nitrogen and oxygen atoms in total. The van der Waals surface area contributed by atoms with Crippen LogP contribution in [0.2, 0.25) is 3.43 Å². The summed E-state index contributed by atoms with van der Waals surface area (Å²) in [7, 11) is 4.16. The number of pyridine rings is 1. The van der Waals surface area contributed by atoms with E-state index in [1.165, 1.54) is 3.71 Å². The Morgan fingerprint density at radius 3 is 2.50 bits per heavy atom. The van der Waals surface area contributed by atoms with E-state index in [0.29, 0.717) is 3.43 Å². The molecule has 1 aromatic heterocycles. The van der Waals surface area contributed by atoms with E-state index in [0.717, 1.165) is 25.3 Å². The number of ether oxygens (including phenoxy) is 1. The SMILES string of the molecule is CN(C)CCCOc1cc[c]([Sn][C](C)(C)C)nc1. The van der Waals surface area contributed by atoms with Crippen LogP contribution < -0.4 is 8.45 Å². The summed E-state index contributed by atoms with van der Waals surface area (Å²) >= 11 is -0.586. The van der Waals surface area contributed by atoms with Gasteiger partial charge in [-0.3, -0.25) is 0 Å². The van der Waals surface area contributed by atoms with Crippen molar-refractivity contribution in [2.45, 2.75) is 30.6 Å². The zero-order chi connectivity index (χ0) is 13.6. The van der Waals surface area contributed by atoms with E-state index in [-0.39, 0.29) is 0 Å². The monoisotopic (exact) mass is 356 g/mol. The Balaban J connectivity index is 2.36. The fourth-order valence-corrected chi connectivity index (χ4v) is 4.53. The summed E-state index contributed by atoms with van der Waals surface area (Å²) in [6.07, 6.45) is 2.92. The van der Waals surface area contributed by atoms with E-state index in [1.807, 2.05) is 6.20 Å². The van der Waals surface area contributed by atoms with Crippen molar-refractivity contribution in [1.29, 1.82) is 0 Å². The van der Waals surface area contributed by atoms with Crippen LogP contribution in [0.1, 0.15) is 27.2 Å². The van der Waals surface area contributed by atoms with Crippen LogP contribution in [0.4, 0.5) is 0 Å². The Bertz CT molecular complexity index is 344. The first-order valence-electron chi connectivity index (χ1n) is 6.38. The third kappa shape index (κ3) is 7.21. The van der Waals surface area contributed by atoms with Crippen LogP contribution in [-0.2, 0) is 0 Å². The molecular weight excluding hydrogens is 331 g/mol. The van der Waals surface area contributed by atoms with Gasteiger partial charge in [0.05, 0.1) is 0 Å². The van der Waals surface area contributed by atoms with Crippen LogP contribution in [0.15, 0.2) is 18.3 Å². The summed E-state index contributed by atoms with van der Waals surface area (Å²) in [4.78, 5) is 6.69. The standard InChI is InChI=1S/C10H15N2O.C4H9.Sn/c1-12(2)7-4-8-13-10-5-3-6-11-9-10;1-4(2)3;/h3,5,9H,4,7-8H2,1-2H3;1-3H3;. The van der Waals surface area contributed by atoms with E-state index in [1.54, 1.807) is 0 Å². The molecule has 0 spiro atoms. The Morgan fingerprint density at radius 1 is 1.28 bits per heavy atom. The summed E-state index contributed by atoms with van der Waals surface area (Å²) in [5.41, 5.74) is 0. The van der Waals surface area contributed by atoms with Crippen molar-refractivity contribution in [2.24, 2.45) is 0 Å². The summed E-state index contributed by atoms with van der Waals surface area (Å²) in [5.74, 6) is 0.894. The van der Waals surface area contributed by atoms with Gasteiger partial charge in [0.2, 0.25) is 0 Å².